The van der Waals surface area contributed by atoms with Crippen molar-refractivity contribution in [2.24, 2.45) is 0 Å². The van der Waals surface area contributed by atoms with Gasteiger partial charge in [-0.1, -0.05) is 121 Å². The van der Waals surface area contributed by atoms with Crippen LogP contribution in [0.15, 0.2) is 227 Å². The van der Waals surface area contributed by atoms with Crippen LogP contribution in [0.5, 0.6) is 0 Å². The first kappa shape index (κ1) is 33.5. The van der Waals surface area contributed by atoms with E-state index in [1.165, 1.54) is 0 Å². The average molecular weight is 745 g/mol. The zero-order valence-electron chi connectivity index (χ0n) is 31.5. The molecule has 58 heavy (non-hydrogen) atoms. The Kier molecular flexibility index (Phi) is 8.11. The summed E-state index contributed by atoms with van der Waals surface area (Å²) >= 11 is 0. The SMILES string of the molecule is c1ccc(N(c2ccc(-c3ccc(-c4cccc(N(c5ccccc5)c5ccc6c(c5)oc5ccccc56)c4)cc3)cc2)c2ccc3c(c2)oc2ccccc23)cc1. The van der Waals surface area contributed by atoms with Crippen LogP contribution in [-0.4, -0.2) is 0 Å². The Morgan fingerprint density at radius 2 is 0.586 bits per heavy atom. The normalized spacial score (nSPS) is 11.4. The van der Waals surface area contributed by atoms with E-state index in [1.807, 2.05) is 24.3 Å². The first-order valence-electron chi connectivity index (χ1n) is 19.6. The van der Waals surface area contributed by atoms with Crippen molar-refractivity contribution >= 4 is 78.0 Å². The van der Waals surface area contributed by atoms with Gasteiger partial charge in [0, 0.05) is 67.8 Å². The van der Waals surface area contributed by atoms with Crippen LogP contribution in [0.2, 0.25) is 0 Å². The topological polar surface area (TPSA) is 32.8 Å². The molecular weight excluding hydrogens is 709 g/mol. The maximum atomic E-state index is 6.31. The standard InChI is InChI=1S/C54H36N2O2/c1-3-13-41(14-4-1)55(45-30-32-49-47-18-7-9-20-51(47)57-53(49)35-45)43-28-26-38(27-29-43)37-22-24-39(25-23-37)40-12-11-17-44(34-40)56(42-15-5-2-6-16-42)46-31-33-50-48-19-8-10-21-52(48)58-54(50)36-46/h1-36H. The molecule has 0 aliphatic rings. The second-order valence-corrected chi connectivity index (χ2v) is 14.6. The summed E-state index contributed by atoms with van der Waals surface area (Å²) in [5.74, 6) is 0. The van der Waals surface area contributed by atoms with E-state index in [9.17, 15) is 0 Å². The number of hydrogen-bond donors (Lipinski definition) is 0. The van der Waals surface area contributed by atoms with Crippen molar-refractivity contribution in [2.75, 3.05) is 9.80 Å². The van der Waals surface area contributed by atoms with Crippen LogP contribution >= 0.6 is 0 Å². The van der Waals surface area contributed by atoms with Crippen LogP contribution in [0, 0.1) is 0 Å². The molecule has 11 rings (SSSR count). The van der Waals surface area contributed by atoms with E-state index in [0.29, 0.717) is 0 Å². The van der Waals surface area contributed by atoms with Crippen LogP contribution in [0.25, 0.3) is 66.1 Å². The highest BCUT2D eigenvalue weighted by atomic mass is 16.3. The molecule has 11 aromatic rings. The predicted molar refractivity (Wildman–Crippen MR) is 241 cm³/mol. The molecule has 0 aliphatic carbocycles. The summed E-state index contributed by atoms with van der Waals surface area (Å²) in [5, 5.41) is 4.49. The van der Waals surface area contributed by atoms with Crippen molar-refractivity contribution in [3.8, 4) is 22.3 Å². The fourth-order valence-electron chi connectivity index (χ4n) is 8.24. The first-order chi connectivity index (χ1) is 28.7. The third kappa shape index (κ3) is 5.96. The number of nitrogens with zero attached hydrogens (tertiary/aromatic N) is 2. The molecule has 0 saturated heterocycles. The van der Waals surface area contributed by atoms with Crippen molar-refractivity contribution in [1.82, 2.24) is 0 Å². The molecule has 0 atom stereocenters. The van der Waals surface area contributed by atoms with Gasteiger partial charge in [-0.25, -0.2) is 0 Å². The Morgan fingerprint density at radius 1 is 0.224 bits per heavy atom. The summed E-state index contributed by atoms with van der Waals surface area (Å²) in [6.07, 6.45) is 0. The highest BCUT2D eigenvalue weighted by molar-refractivity contribution is 6.07. The van der Waals surface area contributed by atoms with Gasteiger partial charge in [-0.15, -0.1) is 0 Å². The molecule has 2 heterocycles. The Balaban J connectivity index is 0.898. The van der Waals surface area contributed by atoms with E-state index < -0.39 is 0 Å². The molecule has 0 amide bonds. The number of fused-ring (bicyclic) bond motifs is 6. The largest absolute Gasteiger partial charge is 0.456 e. The number of anilines is 6. The van der Waals surface area contributed by atoms with E-state index in [1.54, 1.807) is 0 Å². The smallest absolute Gasteiger partial charge is 0.137 e. The van der Waals surface area contributed by atoms with Gasteiger partial charge in [0.2, 0.25) is 0 Å². The van der Waals surface area contributed by atoms with Gasteiger partial charge in [-0.05, 0) is 107 Å². The molecular formula is C54H36N2O2. The molecule has 4 nitrogen and oxygen atoms in total. The maximum absolute atomic E-state index is 6.31. The molecule has 0 bridgehead atoms. The Hall–Kier alpha value is -7.82. The molecule has 4 heteroatoms. The van der Waals surface area contributed by atoms with Gasteiger partial charge in [0.05, 0.1) is 0 Å². The molecule has 0 unspecified atom stereocenters. The fraction of sp³-hybridized carbons (Fsp3) is 0. The van der Waals surface area contributed by atoms with E-state index in [0.717, 1.165) is 100 Å². The van der Waals surface area contributed by atoms with Crippen molar-refractivity contribution in [3.63, 3.8) is 0 Å². The third-order valence-corrected chi connectivity index (χ3v) is 11.1. The maximum Gasteiger partial charge on any atom is 0.137 e. The summed E-state index contributed by atoms with van der Waals surface area (Å²) in [4.78, 5) is 4.57. The lowest BCUT2D eigenvalue weighted by Gasteiger charge is -2.26. The minimum atomic E-state index is 0.872. The minimum Gasteiger partial charge on any atom is -0.456 e. The number of rotatable bonds is 8. The lowest BCUT2D eigenvalue weighted by atomic mass is 9.99. The van der Waals surface area contributed by atoms with Crippen molar-refractivity contribution < 1.29 is 8.83 Å². The molecule has 0 aliphatic heterocycles. The highest BCUT2D eigenvalue weighted by Crippen LogP contribution is 2.41. The van der Waals surface area contributed by atoms with Crippen molar-refractivity contribution in [2.45, 2.75) is 0 Å². The van der Waals surface area contributed by atoms with Gasteiger partial charge in [0.1, 0.15) is 22.3 Å². The number of hydrogen-bond acceptors (Lipinski definition) is 4. The van der Waals surface area contributed by atoms with Crippen molar-refractivity contribution in [1.29, 1.82) is 0 Å². The first-order valence-corrected chi connectivity index (χ1v) is 19.6. The molecule has 274 valence electrons. The van der Waals surface area contributed by atoms with Gasteiger partial charge in [0.15, 0.2) is 0 Å². The summed E-state index contributed by atoms with van der Waals surface area (Å²) in [6.45, 7) is 0. The van der Waals surface area contributed by atoms with Crippen LogP contribution in [0.3, 0.4) is 0 Å². The van der Waals surface area contributed by atoms with E-state index >= 15 is 0 Å². The molecule has 0 saturated carbocycles. The van der Waals surface area contributed by atoms with Crippen LogP contribution in [0.4, 0.5) is 34.1 Å². The van der Waals surface area contributed by atoms with E-state index in [2.05, 4.69) is 204 Å². The van der Waals surface area contributed by atoms with Gasteiger partial charge >= 0.3 is 0 Å². The fourth-order valence-corrected chi connectivity index (χ4v) is 8.24. The summed E-state index contributed by atoms with van der Waals surface area (Å²) < 4.78 is 12.6. The Labute approximate surface area is 336 Å². The Bertz CT molecular complexity index is 3220. The molecule has 9 aromatic carbocycles. The Morgan fingerprint density at radius 3 is 1.12 bits per heavy atom. The summed E-state index contributed by atoms with van der Waals surface area (Å²) in [6, 6.07) is 76.8. The molecule has 0 N–H and O–H groups in total. The van der Waals surface area contributed by atoms with Crippen LogP contribution < -0.4 is 9.80 Å². The molecule has 0 fully saturated rings. The predicted octanol–water partition coefficient (Wildman–Crippen LogP) is 15.8. The minimum absolute atomic E-state index is 0.872. The lowest BCUT2D eigenvalue weighted by Crippen LogP contribution is -2.09. The molecule has 0 spiro atoms. The molecule has 2 aromatic heterocycles. The van der Waals surface area contributed by atoms with Gasteiger partial charge in [-0.2, -0.15) is 0 Å². The second-order valence-electron chi connectivity index (χ2n) is 14.6. The average Bonchev–Trinajstić information content (AvgIpc) is 3.85. The van der Waals surface area contributed by atoms with Gasteiger partial charge in [-0.3, -0.25) is 0 Å². The van der Waals surface area contributed by atoms with E-state index in [-0.39, 0.29) is 0 Å². The summed E-state index contributed by atoms with van der Waals surface area (Å²) in [7, 11) is 0. The molecule has 0 radical (unpaired) electrons. The highest BCUT2D eigenvalue weighted by Gasteiger charge is 2.18. The lowest BCUT2D eigenvalue weighted by molar-refractivity contribution is 0.668. The van der Waals surface area contributed by atoms with E-state index in [4.69, 9.17) is 8.83 Å². The zero-order chi connectivity index (χ0) is 38.4. The zero-order valence-corrected chi connectivity index (χ0v) is 31.5. The quantitative estimate of drug-likeness (QED) is 0.155. The van der Waals surface area contributed by atoms with Crippen molar-refractivity contribution in [3.05, 3.63) is 218 Å². The monoisotopic (exact) mass is 744 g/mol. The number of furan rings is 2. The van der Waals surface area contributed by atoms with Crippen LogP contribution in [-0.2, 0) is 0 Å². The number of benzene rings is 9. The van der Waals surface area contributed by atoms with Gasteiger partial charge in [0.25, 0.3) is 0 Å². The number of para-hydroxylation sites is 4. The summed E-state index contributed by atoms with van der Waals surface area (Å²) in [5.41, 5.74) is 14.5. The van der Waals surface area contributed by atoms with Crippen LogP contribution in [0.1, 0.15) is 0 Å². The third-order valence-electron chi connectivity index (χ3n) is 11.1. The second kappa shape index (κ2) is 14.0. The van der Waals surface area contributed by atoms with Gasteiger partial charge < -0.3 is 18.6 Å².